The number of furan rings is 1. The van der Waals surface area contributed by atoms with Crippen LogP contribution in [0, 0.1) is 0 Å². The number of fused-ring (bicyclic) bond motifs is 16. The summed E-state index contributed by atoms with van der Waals surface area (Å²) < 4.78 is 9.02. The van der Waals surface area contributed by atoms with Crippen molar-refractivity contribution < 1.29 is 4.42 Å². The first-order valence-electron chi connectivity index (χ1n) is 20.0. The van der Waals surface area contributed by atoms with Crippen LogP contribution < -0.4 is 4.90 Å². The number of anilines is 3. The molecule has 1 spiro atoms. The lowest BCUT2D eigenvalue weighted by Crippen LogP contribution is -2.26. The molecule has 0 atom stereocenters. The fraction of sp³-hybridized carbons (Fsp3) is 0.0182. The highest BCUT2D eigenvalue weighted by molar-refractivity contribution is 6.20. The molecule has 2 aliphatic carbocycles. The number of para-hydroxylation sites is 3. The van der Waals surface area contributed by atoms with Gasteiger partial charge in [0.15, 0.2) is 0 Å². The largest absolute Gasteiger partial charge is 0.456 e. The Labute approximate surface area is 335 Å². The average Bonchev–Trinajstić information content (AvgIpc) is 4.01. The van der Waals surface area contributed by atoms with Crippen molar-refractivity contribution >= 4 is 60.8 Å². The summed E-state index contributed by atoms with van der Waals surface area (Å²) in [6, 6.07) is 75.5. The molecular formula is C55H34N2O. The summed E-state index contributed by atoms with van der Waals surface area (Å²) in [5.74, 6) is 0. The topological polar surface area (TPSA) is 21.3 Å². The second-order valence-corrected chi connectivity index (χ2v) is 15.5. The van der Waals surface area contributed by atoms with Gasteiger partial charge in [-0.2, -0.15) is 0 Å². The summed E-state index contributed by atoms with van der Waals surface area (Å²) in [7, 11) is 0. The highest BCUT2D eigenvalue weighted by Gasteiger charge is 2.52. The average molecular weight is 739 g/mol. The molecule has 0 saturated heterocycles. The Morgan fingerprint density at radius 2 is 0.879 bits per heavy atom. The number of aromatic nitrogens is 1. The van der Waals surface area contributed by atoms with Crippen LogP contribution in [0.25, 0.3) is 71.7 Å². The maximum atomic E-state index is 6.61. The Kier molecular flexibility index (Phi) is 6.37. The van der Waals surface area contributed by atoms with E-state index in [9.17, 15) is 0 Å². The van der Waals surface area contributed by atoms with Crippen molar-refractivity contribution in [1.29, 1.82) is 0 Å². The summed E-state index contributed by atoms with van der Waals surface area (Å²) in [6.07, 6.45) is 0. The van der Waals surface area contributed by atoms with Gasteiger partial charge in [-0.15, -0.1) is 0 Å². The molecule has 9 aromatic carbocycles. The minimum absolute atomic E-state index is 0.468. The first kappa shape index (κ1) is 31.6. The lowest BCUT2D eigenvalue weighted by atomic mass is 9.70. The molecule has 3 nitrogen and oxygen atoms in total. The molecule has 0 aliphatic heterocycles. The van der Waals surface area contributed by atoms with Gasteiger partial charge >= 0.3 is 0 Å². The van der Waals surface area contributed by atoms with Gasteiger partial charge in [0.2, 0.25) is 0 Å². The zero-order valence-electron chi connectivity index (χ0n) is 31.4. The Morgan fingerprint density at radius 1 is 0.362 bits per heavy atom. The second-order valence-electron chi connectivity index (χ2n) is 15.5. The molecule has 2 heterocycles. The van der Waals surface area contributed by atoms with Crippen LogP contribution in [0.3, 0.4) is 0 Å². The number of nitrogens with zero attached hydrogens (tertiary/aromatic N) is 2. The minimum atomic E-state index is -0.468. The van der Waals surface area contributed by atoms with E-state index in [1.165, 1.54) is 60.8 Å². The van der Waals surface area contributed by atoms with Gasteiger partial charge in [0, 0.05) is 27.4 Å². The number of benzene rings is 9. The van der Waals surface area contributed by atoms with Gasteiger partial charge in [-0.25, -0.2) is 0 Å². The van der Waals surface area contributed by atoms with Crippen molar-refractivity contribution in [2.75, 3.05) is 4.90 Å². The summed E-state index contributed by atoms with van der Waals surface area (Å²) in [6.45, 7) is 0. The predicted octanol–water partition coefficient (Wildman–Crippen LogP) is 14.5. The van der Waals surface area contributed by atoms with Crippen LogP contribution in [-0.2, 0) is 5.41 Å². The zero-order valence-corrected chi connectivity index (χ0v) is 31.4. The fourth-order valence-electron chi connectivity index (χ4n) is 10.7. The second kappa shape index (κ2) is 11.7. The third kappa shape index (κ3) is 3.97. The summed E-state index contributed by atoms with van der Waals surface area (Å²) in [4.78, 5) is 2.54. The first-order valence-corrected chi connectivity index (χ1v) is 20.0. The van der Waals surface area contributed by atoms with E-state index in [0.29, 0.717) is 0 Å². The highest BCUT2D eigenvalue weighted by Crippen LogP contribution is 2.65. The van der Waals surface area contributed by atoms with E-state index in [-0.39, 0.29) is 0 Å². The summed E-state index contributed by atoms with van der Waals surface area (Å²) in [5.41, 5.74) is 18.5. The van der Waals surface area contributed by atoms with Crippen molar-refractivity contribution in [3.63, 3.8) is 0 Å². The monoisotopic (exact) mass is 738 g/mol. The Morgan fingerprint density at radius 3 is 1.66 bits per heavy atom. The predicted molar refractivity (Wildman–Crippen MR) is 239 cm³/mol. The first-order chi connectivity index (χ1) is 28.8. The lowest BCUT2D eigenvalue weighted by Gasteiger charge is -2.32. The van der Waals surface area contributed by atoms with Crippen LogP contribution in [0.5, 0.6) is 0 Å². The normalized spacial score (nSPS) is 13.3. The summed E-state index contributed by atoms with van der Waals surface area (Å²) >= 11 is 0. The van der Waals surface area contributed by atoms with E-state index in [0.717, 1.165) is 50.2 Å². The Bertz CT molecular complexity index is 3430. The van der Waals surface area contributed by atoms with Gasteiger partial charge in [0.25, 0.3) is 0 Å². The van der Waals surface area contributed by atoms with Gasteiger partial charge in [-0.1, -0.05) is 152 Å². The molecule has 0 amide bonds. The molecule has 0 fully saturated rings. The molecule has 0 N–H and O–H groups in total. The van der Waals surface area contributed by atoms with Gasteiger partial charge in [-0.3, -0.25) is 0 Å². The molecule has 0 saturated carbocycles. The zero-order chi connectivity index (χ0) is 38.0. The Hall–Kier alpha value is -7.62. The Balaban J connectivity index is 1.20. The number of hydrogen-bond donors (Lipinski definition) is 0. The van der Waals surface area contributed by atoms with Crippen LogP contribution >= 0.6 is 0 Å². The van der Waals surface area contributed by atoms with E-state index < -0.39 is 5.41 Å². The van der Waals surface area contributed by atoms with Gasteiger partial charge in [-0.05, 0) is 93.5 Å². The standard InChI is InChI=1S/C55H34N2O/c1-2-17-35(18-3-1)56-45-28-12-7-22-39(45)53-47(56)30-15-31-48(53)57(49-32-16-34-51-54(49)40-23-8-13-33-50(40)58-51)46-29-14-27-44-52(46)38-21-6-11-26-43(38)55(44)41-24-9-4-19-36(41)37-20-5-10-25-42(37)55/h1-34H. The summed E-state index contributed by atoms with van der Waals surface area (Å²) in [5, 5.41) is 4.59. The smallest absolute Gasteiger partial charge is 0.137 e. The van der Waals surface area contributed by atoms with Crippen LogP contribution in [0.4, 0.5) is 17.1 Å². The third-order valence-corrected chi connectivity index (χ3v) is 12.8. The van der Waals surface area contributed by atoms with E-state index in [2.05, 4.69) is 216 Å². The lowest BCUT2D eigenvalue weighted by molar-refractivity contribution is 0.669. The van der Waals surface area contributed by atoms with Crippen molar-refractivity contribution in [3.05, 3.63) is 229 Å². The van der Waals surface area contributed by atoms with Gasteiger partial charge in [0.05, 0.1) is 38.9 Å². The van der Waals surface area contributed by atoms with E-state index in [4.69, 9.17) is 4.42 Å². The SMILES string of the molecule is c1ccc(-n2c3ccccc3c3c(N(c4cccc5c4-c4ccccc4C54c5ccccc5-c5ccccc54)c4cccc5oc6ccccc6c45)cccc32)cc1. The fourth-order valence-corrected chi connectivity index (χ4v) is 10.7. The molecule has 58 heavy (non-hydrogen) atoms. The van der Waals surface area contributed by atoms with Crippen molar-refractivity contribution in [2.24, 2.45) is 0 Å². The van der Waals surface area contributed by atoms with Crippen molar-refractivity contribution in [3.8, 4) is 27.9 Å². The maximum absolute atomic E-state index is 6.61. The number of rotatable bonds is 4. The highest BCUT2D eigenvalue weighted by atomic mass is 16.3. The quantitative estimate of drug-likeness (QED) is 0.179. The molecule has 13 rings (SSSR count). The molecular weight excluding hydrogens is 705 g/mol. The molecule has 0 unspecified atom stereocenters. The third-order valence-electron chi connectivity index (χ3n) is 12.8. The van der Waals surface area contributed by atoms with E-state index in [1.807, 2.05) is 0 Å². The minimum Gasteiger partial charge on any atom is -0.456 e. The molecule has 0 bridgehead atoms. The molecule has 3 heteroatoms. The molecule has 2 aromatic heterocycles. The van der Waals surface area contributed by atoms with Gasteiger partial charge < -0.3 is 13.9 Å². The maximum Gasteiger partial charge on any atom is 0.137 e. The molecule has 2 aliphatic rings. The van der Waals surface area contributed by atoms with Gasteiger partial charge in [0.1, 0.15) is 11.2 Å². The van der Waals surface area contributed by atoms with Crippen LogP contribution in [0.15, 0.2) is 211 Å². The van der Waals surface area contributed by atoms with E-state index in [1.54, 1.807) is 0 Å². The van der Waals surface area contributed by atoms with E-state index >= 15 is 0 Å². The molecule has 11 aromatic rings. The number of hydrogen-bond acceptors (Lipinski definition) is 2. The van der Waals surface area contributed by atoms with Crippen LogP contribution in [0.2, 0.25) is 0 Å². The van der Waals surface area contributed by atoms with Crippen molar-refractivity contribution in [2.45, 2.75) is 5.41 Å². The molecule has 270 valence electrons. The van der Waals surface area contributed by atoms with Crippen LogP contribution in [-0.4, -0.2) is 4.57 Å². The van der Waals surface area contributed by atoms with Crippen molar-refractivity contribution in [1.82, 2.24) is 4.57 Å². The molecule has 0 radical (unpaired) electrons. The van der Waals surface area contributed by atoms with Crippen LogP contribution in [0.1, 0.15) is 22.3 Å².